The van der Waals surface area contributed by atoms with E-state index in [1.54, 1.807) is 4.90 Å². The number of urea groups is 1. The normalized spacial score (nSPS) is 19.6. The van der Waals surface area contributed by atoms with E-state index >= 15 is 0 Å². The smallest absolute Gasteiger partial charge is 0.317 e. The number of aromatic nitrogens is 2. The predicted molar refractivity (Wildman–Crippen MR) is 113 cm³/mol. The van der Waals surface area contributed by atoms with E-state index in [0.29, 0.717) is 18.2 Å². The minimum Gasteiger partial charge on any atom is -0.371 e. The molecule has 2 aromatic rings. The van der Waals surface area contributed by atoms with Crippen molar-refractivity contribution < 1.29 is 14.3 Å². The Morgan fingerprint density at radius 2 is 1.93 bits per heavy atom. The van der Waals surface area contributed by atoms with Gasteiger partial charge >= 0.3 is 6.03 Å². The van der Waals surface area contributed by atoms with E-state index in [-0.39, 0.29) is 24.6 Å². The van der Waals surface area contributed by atoms with Gasteiger partial charge < -0.3 is 15.0 Å². The maximum absolute atomic E-state index is 12.4. The third-order valence-electron chi connectivity index (χ3n) is 5.20. The molecule has 2 aliphatic heterocycles. The van der Waals surface area contributed by atoms with Crippen molar-refractivity contribution in [3.63, 3.8) is 0 Å². The lowest BCUT2D eigenvalue weighted by Gasteiger charge is -2.34. The van der Waals surface area contributed by atoms with Gasteiger partial charge in [0.1, 0.15) is 11.1 Å². The van der Waals surface area contributed by atoms with Crippen molar-refractivity contribution in [3.8, 4) is 0 Å². The molecular formula is C20H26N6O3S. The Balaban J connectivity index is 1.16. The molecular weight excluding hydrogens is 404 g/mol. The van der Waals surface area contributed by atoms with Gasteiger partial charge in [-0.05, 0) is 18.4 Å². The molecule has 2 N–H and O–H groups in total. The number of anilines is 1. The second kappa shape index (κ2) is 9.96. The molecule has 1 aromatic carbocycles. The van der Waals surface area contributed by atoms with Crippen LogP contribution in [0.1, 0.15) is 29.5 Å². The van der Waals surface area contributed by atoms with Crippen LogP contribution in [0.4, 0.5) is 9.93 Å². The first-order chi connectivity index (χ1) is 14.7. The molecule has 0 spiro atoms. The fourth-order valence-corrected chi connectivity index (χ4v) is 4.41. The number of hydrogen-bond acceptors (Lipinski definition) is 7. The highest BCUT2D eigenvalue weighted by Crippen LogP contribution is 2.31. The molecule has 4 rings (SSSR count). The van der Waals surface area contributed by atoms with Gasteiger partial charge in [-0.25, -0.2) is 4.79 Å². The van der Waals surface area contributed by atoms with Crippen LogP contribution >= 0.6 is 11.3 Å². The third-order valence-corrected chi connectivity index (χ3v) is 6.13. The van der Waals surface area contributed by atoms with Gasteiger partial charge in [0.05, 0.1) is 6.54 Å². The van der Waals surface area contributed by atoms with E-state index in [1.165, 1.54) is 16.9 Å². The highest BCUT2D eigenvalue weighted by Gasteiger charge is 2.23. The van der Waals surface area contributed by atoms with Gasteiger partial charge in [0.2, 0.25) is 11.0 Å². The molecule has 9 nitrogen and oxygen atoms in total. The van der Waals surface area contributed by atoms with Crippen LogP contribution in [0.15, 0.2) is 30.3 Å². The van der Waals surface area contributed by atoms with Crippen LogP contribution in [0.3, 0.4) is 0 Å². The summed E-state index contributed by atoms with van der Waals surface area (Å²) in [4.78, 5) is 28.6. The van der Waals surface area contributed by atoms with Gasteiger partial charge in [0.25, 0.3) is 0 Å². The molecule has 1 atom stereocenters. The van der Waals surface area contributed by atoms with Crippen molar-refractivity contribution >= 4 is 28.4 Å². The number of piperazine rings is 1. The number of nitrogens with zero attached hydrogens (tertiary/aromatic N) is 4. The summed E-state index contributed by atoms with van der Waals surface area (Å²) in [5.74, 6) is -0.318. The van der Waals surface area contributed by atoms with Crippen molar-refractivity contribution in [2.45, 2.75) is 25.5 Å². The predicted octanol–water partition coefficient (Wildman–Crippen LogP) is 1.86. The molecule has 0 aliphatic carbocycles. The summed E-state index contributed by atoms with van der Waals surface area (Å²) >= 11 is 1.31. The summed E-state index contributed by atoms with van der Waals surface area (Å²) in [6.45, 7) is 4.42. The van der Waals surface area contributed by atoms with Gasteiger partial charge in [-0.1, -0.05) is 41.7 Å². The quantitative estimate of drug-likeness (QED) is 0.726. The minimum atomic E-state index is -0.318. The first kappa shape index (κ1) is 20.7. The average Bonchev–Trinajstić information content (AvgIpc) is 3.45. The lowest BCUT2D eigenvalue weighted by Crippen LogP contribution is -2.52. The lowest BCUT2D eigenvalue weighted by molar-refractivity contribution is -0.115. The zero-order valence-corrected chi connectivity index (χ0v) is 17.6. The fourth-order valence-electron chi connectivity index (χ4n) is 3.57. The number of benzene rings is 1. The van der Waals surface area contributed by atoms with E-state index in [4.69, 9.17) is 4.74 Å². The second-order valence-corrected chi connectivity index (χ2v) is 8.41. The number of carbonyl (C=O) groups excluding carboxylic acids is 2. The Morgan fingerprint density at radius 3 is 2.67 bits per heavy atom. The second-order valence-electron chi connectivity index (χ2n) is 7.40. The van der Waals surface area contributed by atoms with Crippen molar-refractivity contribution in [1.29, 1.82) is 0 Å². The van der Waals surface area contributed by atoms with Gasteiger partial charge in [-0.15, -0.1) is 10.2 Å². The van der Waals surface area contributed by atoms with Crippen LogP contribution in [0.5, 0.6) is 0 Å². The Bertz CT molecular complexity index is 847. The molecule has 30 heavy (non-hydrogen) atoms. The summed E-state index contributed by atoms with van der Waals surface area (Å²) in [6, 6.07) is 10.1. The number of amides is 3. The molecule has 0 saturated carbocycles. The molecule has 0 bridgehead atoms. The van der Waals surface area contributed by atoms with E-state index in [1.807, 2.05) is 18.2 Å². The average molecular weight is 431 g/mol. The van der Waals surface area contributed by atoms with Crippen LogP contribution in [0.2, 0.25) is 0 Å². The van der Waals surface area contributed by atoms with Crippen LogP contribution in [0, 0.1) is 0 Å². The number of hydrogen-bond donors (Lipinski definition) is 2. The van der Waals surface area contributed by atoms with Gasteiger partial charge in [-0.3, -0.25) is 15.0 Å². The monoisotopic (exact) mass is 430 g/mol. The lowest BCUT2D eigenvalue weighted by atomic mass is 10.2. The summed E-state index contributed by atoms with van der Waals surface area (Å²) in [5.41, 5.74) is 1.27. The third kappa shape index (κ3) is 5.53. The maximum Gasteiger partial charge on any atom is 0.317 e. The molecule has 3 heterocycles. The first-order valence-electron chi connectivity index (χ1n) is 10.2. The summed E-state index contributed by atoms with van der Waals surface area (Å²) in [7, 11) is 0. The van der Waals surface area contributed by atoms with Crippen molar-refractivity contribution in [2.75, 3.05) is 44.6 Å². The van der Waals surface area contributed by atoms with E-state index < -0.39 is 0 Å². The molecule has 2 fully saturated rings. The summed E-state index contributed by atoms with van der Waals surface area (Å²) in [6.07, 6.45) is 1.92. The van der Waals surface area contributed by atoms with Crippen LogP contribution < -0.4 is 10.6 Å². The standard InChI is InChI=1S/C20H26N6O3S/c27-17(22-19-24-23-18(30-19)16-7-4-12-29-16)13-21-20(28)26-10-8-25(9-11-26)14-15-5-2-1-3-6-15/h1-3,5-6,16H,4,7-14H2,(H,21,28)(H,22,24,27). The molecule has 10 heteroatoms. The zero-order chi connectivity index (χ0) is 20.8. The van der Waals surface area contributed by atoms with Gasteiger partial charge in [-0.2, -0.15) is 0 Å². The molecule has 2 saturated heterocycles. The topological polar surface area (TPSA) is 99.7 Å². The SMILES string of the molecule is O=C(CNC(=O)N1CCN(Cc2ccccc2)CC1)Nc1nnc(C2CCCO2)s1. The van der Waals surface area contributed by atoms with Crippen molar-refractivity contribution in [3.05, 3.63) is 40.9 Å². The molecule has 160 valence electrons. The van der Waals surface area contributed by atoms with Crippen LogP contribution in [-0.4, -0.2) is 71.3 Å². The maximum atomic E-state index is 12.4. The zero-order valence-electron chi connectivity index (χ0n) is 16.7. The Kier molecular flexibility index (Phi) is 6.88. The highest BCUT2D eigenvalue weighted by atomic mass is 32.1. The highest BCUT2D eigenvalue weighted by molar-refractivity contribution is 7.15. The van der Waals surface area contributed by atoms with Crippen molar-refractivity contribution in [2.24, 2.45) is 0 Å². The molecule has 0 radical (unpaired) electrons. The fraction of sp³-hybridized carbons (Fsp3) is 0.500. The largest absolute Gasteiger partial charge is 0.371 e. The number of carbonyl (C=O) groups is 2. The number of ether oxygens (including phenoxy) is 1. The molecule has 1 aromatic heterocycles. The van der Waals surface area contributed by atoms with Crippen LogP contribution in [0.25, 0.3) is 0 Å². The first-order valence-corrected chi connectivity index (χ1v) is 11.0. The summed E-state index contributed by atoms with van der Waals surface area (Å²) < 4.78 is 5.57. The van der Waals surface area contributed by atoms with E-state index in [9.17, 15) is 9.59 Å². The van der Waals surface area contributed by atoms with Gasteiger partial charge in [0, 0.05) is 39.3 Å². The molecule has 1 unspecified atom stereocenters. The number of rotatable bonds is 6. The molecule has 2 aliphatic rings. The van der Waals surface area contributed by atoms with Crippen LogP contribution in [-0.2, 0) is 16.1 Å². The number of nitrogens with one attached hydrogen (secondary N) is 2. The Morgan fingerprint density at radius 1 is 1.13 bits per heavy atom. The van der Waals surface area contributed by atoms with Crippen molar-refractivity contribution in [1.82, 2.24) is 25.3 Å². The van der Waals surface area contributed by atoms with E-state index in [2.05, 4.69) is 37.9 Å². The Hall–Kier alpha value is -2.56. The van der Waals surface area contributed by atoms with Gasteiger partial charge in [0.15, 0.2) is 0 Å². The summed E-state index contributed by atoms with van der Waals surface area (Å²) in [5, 5.41) is 14.7. The van der Waals surface area contributed by atoms with E-state index in [0.717, 1.165) is 44.1 Å². The Labute approximate surface area is 179 Å². The minimum absolute atomic E-state index is 0.0200. The molecule has 3 amide bonds.